The Bertz CT molecular complexity index is 1330. The van der Waals surface area contributed by atoms with Crippen molar-refractivity contribution in [1.29, 1.82) is 0 Å². The molecule has 10 unspecified atom stereocenters. The first kappa shape index (κ1) is 61.4. The van der Waals surface area contributed by atoms with E-state index in [1.165, 1.54) is 6.92 Å². The lowest BCUT2D eigenvalue weighted by Crippen LogP contribution is -2.64. The second-order valence-electron chi connectivity index (χ2n) is 15.5. The number of aliphatic hydroxyl groups is 6. The van der Waals surface area contributed by atoms with E-state index in [2.05, 4.69) is 21.3 Å². The maximum absolute atomic E-state index is 12.2. The molecule has 2 aliphatic rings. The summed E-state index contributed by atoms with van der Waals surface area (Å²) in [5.74, 6) is -1.71. The number of hydrogen-bond acceptors (Lipinski definition) is 23. The highest BCUT2D eigenvalue weighted by Gasteiger charge is 2.46. The Labute approximate surface area is 397 Å². The maximum atomic E-state index is 12.2. The van der Waals surface area contributed by atoms with E-state index >= 15 is 0 Å². The molecular formula is C42H78N4O22. The van der Waals surface area contributed by atoms with Crippen LogP contribution in [0.2, 0.25) is 0 Å². The predicted molar refractivity (Wildman–Crippen MR) is 234 cm³/mol. The van der Waals surface area contributed by atoms with Crippen LogP contribution in [0.5, 0.6) is 0 Å². The summed E-state index contributed by atoms with van der Waals surface area (Å²) in [4.78, 5) is 47.7. The molecule has 26 heteroatoms. The molecular weight excluding hydrogens is 912 g/mol. The Morgan fingerprint density at radius 3 is 1.47 bits per heavy atom. The molecule has 2 fully saturated rings. The third kappa shape index (κ3) is 27.6. The number of hydrogen-bond donors (Lipinski definition) is 10. The number of amides is 3. The van der Waals surface area contributed by atoms with Crippen molar-refractivity contribution in [2.24, 2.45) is 5.92 Å². The van der Waals surface area contributed by atoms with Gasteiger partial charge in [0.1, 0.15) is 49.0 Å². The van der Waals surface area contributed by atoms with Crippen LogP contribution in [0, 0.1) is 5.92 Å². The van der Waals surface area contributed by atoms with Crippen LogP contribution in [-0.4, -0.2) is 268 Å². The minimum atomic E-state index is -1.48. The number of Topliss-reactive ketones (excluding diaryl/α,β-unsaturated/α-hetero) is 1. The van der Waals surface area contributed by atoms with Gasteiger partial charge in [0.15, 0.2) is 12.6 Å². The van der Waals surface area contributed by atoms with Gasteiger partial charge in [-0.25, -0.2) is 0 Å². The van der Waals surface area contributed by atoms with Crippen molar-refractivity contribution in [2.45, 2.75) is 81.9 Å². The molecule has 0 radical (unpaired) electrons. The van der Waals surface area contributed by atoms with Gasteiger partial charge in [-0.15, -0.1) is 0 Å². The van der Waals surface area contributed by atoms with E-state index in [0.29, 0.717) is 92.4 Å². The summed E-state index contributed by atoms with van der Waals surface area (Å²) in [6, 6.07) is -1.14. The van der Waals surface area contributed by atoms with E-state index in [-0.39, 0.29) is 70.6 Å². The van der Waals surface area contributed by atoms with Gasteiger partial charge in [-0.05, 0) is 0 Å². The summed E-state index contributed by atoms with van der Waals surface area (Å²) >= 11 is 0. The van der Waals surface area contributed by atoms with Crippen LogP contribution in [0.25, 0.3) is 0 Å². The molecule has 0 bridgehead atoms. The van der Waals surface area contributed by atoms with Gasteiger partial charge < -0.3 is 109 Å². The zero-order valence-electron chi connectivity index (χ0n) is 39.4. The molecule has 26 nitrogen and oxygen atoms in total. The topological polar surface area (TPSA) is 349 Å². The summed E-state index contributed by atoms with van der Waals surface area (Å²) in [6.07, 6.45) is -8.97. The molecule has 3 amide bonds. The average Bonchev–Trinajstić information content (AvgIpc) is 3.32. The molecule has 2 saturated heterocycles. The van der Waals surface area contributed by atoms with Crippen LogP contribution >= 0.6 is 0 Å². The number of ketones is 1. The van der Waals surface area contributed by atoms with E-state index in [1.807, 2.05) is 0 Å². The summed E-state index contributed by atoms with van der Waals surface area (Å²) in [6.45, 7) is 7.99. The molecule has 0 aromatic rings. The van der Waals surface area contributed by atoms with Crippen molar-refractivity contribution in [3.63, 3.8) is 0 Å². The van der Waals surface area contributed by atoms with Gasteiger partial charge in [0.2, 0.25) is 17.7 Å². The van der Waals surface area contributed by atoms with Gasteiger partial charge in [-0.1, -0.05) is 6.92 Å². The third-order valence-electron chi connectivity index (χ3n) is 10.1. The highest BCUT2D eigenvalue weighted by Crippen LogP contribution is 2.26. The molecule has 0 saturated carbocycles. The molecule has 0 aliphatic carbocycles. The largest absolute Gasteiger partial charge is 0.394 e. The standard InChI is InChI=1S/C42H78N4O22/c1-29-37(53)38(54)32(26-47)67-41(29)65-12-7-44-34(51)4-9-58-14-18-62-22-23-63-19-15-59-10-5-43-25-31(50)3-8-57-13-17-61-21-24-64-20-16-60-11-6-45-35(52)28-66-42-36(46-30(2)49)40(56)39(55)33(27-48)68-42/h29,32-33,36-43,47-48,53-56H,3-28H2,1-2H3,(H,44,51)(H,45,52)(H,46,49). The van der Waals surface area contributed by atoms with Crippen LogP contribution in [0.1, 0.15) is 26.7 Å². The summed E-state index contributed by atoms with van der Waals surface area (Å²) < 4.78 is 65.4. The van der Waals surface area contributed by atoms with Gasteiger partial charge in [0.25, 0.3) is 0 Å². The lowest BCUT2D eigenvalue weighted by molar-refractivity contribution is -0.281. The van der Waals surface area contributed by atoms with Crippen LogP contribution in [0.4, 0.5) is 0 Å². The monoisotopic (exact) mass is 991 g/mol. The molecule has 2 aliphatic heterocycles. The molecule has 0 aromatic carbocycles. The van der Waals surface area contributed by atoms with Gasteiger partial charge in [-0.2, -0.15) is 0 Å². The lowest BCUT2D eigenvalue weighted by Gasteiger charge is -2.42. The Morgan fingerprint density at radius 1 is 0.500 bits per heavy atom. The summed E-state index contributed by atoms with van der Waals surface area (Å²) in [7, 11) is 0. The Kier molecular flexibility index (Phi) is 35.2. The first-order chi connectivity index (χ1) is 32.9. The quantitative estimate of drug-likeness (QED) is 0.0255. The van der Waals surface area contributed by atoms with E-state index in [4.69, 9.17) is 56.8 Å². The summed E-state index contributed by atoms with van der Waals surface area (Å²) in [5, 5.41) is 69.7. The normalized spacial score (nSPS) is 25.0. The first-order valence-electron chi connectivity index (χ1n) is 23.0. The predicted octanol–water partition coefficient (Wildman–Crippen LogP) is -5.66. The minimum Gasteiger partial charge on any atom is -0.394 e. The van der Waals surface area contributed by atoms with Crippen molar-refractivity contribution in [3.05, 3.63) is 0 Å². The van der Waals surface area contributed by atoms with E-state index < -0.39 is 92.8 Å². The lowest BCUT2D eigenvalue weighted by atomic mass is 9.92. The average molecular weight is 991 g/mol. The van der Waals surface area contributed by atoms with Gasteiger partial charge in [0, 0.05) is 45.3 Å². The Hall–Kier alpha value is -2.68. The van der Waals surface area contributed by atoms with Crippen molar-refractivity contribution < 1.29 is 107 Å². The molecule has 0 spiro atoms. The first-order valence-corrected chi connectivity index (χ1v) is 23.0. The van der Waals surface area contributed by atoms with Gasteiger partial charge >= 0.3 is 0 Å². The van der Waals surface area contributed by atoms with Crippen molar-refractivity contribution >= 4 is 23.5 Å². The highest BCUT2D eigenvalue weighted by molar-refractivity contribution is 5.80. The van der Waals surface area contributed by atoms with Crippen molar-refractivity contribution in [2.75, 3.05) is 158 Å². The number of aliphatic hydroxyl groups excluding tert-OH is 6. The van der Waals surface area contributed by atoms with Gasteiger partial charge in [-0.3, -0.25) is 19.2 Å². The number of carbonyl (C=O) groups is 4. The number of rotatable bonds is 42. The molecule has 2 heterocycles. The van der Waals surface area contributed by atoms with Crippen molar-refractivity contribution in [1.82, 2.24) is 21.3 Å². The molecule has 10 N–H and O–H groups in total. The zero-order chi connectivity index (χ0) is 49.8. The molecule has 68 heavy (non-hydrogen) atoms. The summed E-state index contributed by atoms with van der Waals surface area (Å²) in [5.41, 5.74) is 0. The molecule has 0 aromatic heterocycles. The minimum absolute atomic E-state index is 0.0179. The van der Waals surface area contributed by atoms with Gasteiger partial charge in [0.05, 0.1) is 138 Å². The molecule has 398 valence electrons. The second kappa shape index (κ2) is 39.0. The number of ether oxygens (including phenoxy) is 12. The van der Waals surface area contributed by atoms with E-state index in [9.17, 15) is 49.8 Å². The van der Waals surface area contributed by atoms with E-state index in [1.54, 1.807) is 6.92 Å². The zero-order valence-corrected chi connectivity index (χ0v) is 39.4. The SMILES string of the molecule is CC(=O)NC1C(OCC(=O)NCCOCCOCCOCCOCCC(=O)CNCCOCCOCCOCCOCCC(=O)NCCOC2OC(CO)C(O)C(O)C2C)OC(CO)C(O)C1O. The molecule has 2 rings (SSSR count). The van der Waals surface area contributed by atoms with Crippen molar-refractivity contribution in [3.8, 4) is 0 Å². The van der Waals surface area contributed by atoms with Crippen LogP contribution in [0.15, 0.2) is 0 Å². The fourth-order valence-corrected chi connectivity index (χ4v) is 6.28. The fraction of sp³-hybridized carbons (Fsp3) is 0.905. The third-order valence-corrected chi connectivity index (χ3v) is 10.1. The van der Waals surface area contributed by atoms with E-state index in [0.717, 1.165) is 0 Å². The second-order valence-corrected chi connectivity index (χ2v) is 15.5. The van der Waals surface area contributed by atoms with Crippen LogP contribution < -0.4 is 21.3 Å². The van der Waals surface area contributed by atoms with Crippen LogP contribution in [-0.2, 0) is 76.0 Å². The number of nitrogens with one attached hydrogen (secondary N) is 4. The highest BCUT2D eigenvalue weighted by atomic mass is 16.7. The van der Waals surface area contributed by atoms with Crippen LogP contribution in [0.3, 0.4) is 0 Å². The maximum Gasteiger partial charge on any atom is 0.246 e. The Balaban J connectivity index is 1.25. The molecule has 10 atom stereocenters. The Morgan fingerprint density at radius 2 is 0.941 bits per heavy atom. The fourth-order valence-electron chi connectivity index (χ4n) is 6.28. The number of carbonyl (C=O) groups excluding carboxylic acids is 4. The smallest absolute Gasteiger partial charge is 0.246 e.